The standard InChI is InChI=1S/C15H20N4/c1-18-11-8-17-15(18)12-19-9-4-14(5-10-19)13-2-6-16-7-3-13/h2-3,6-8,11,14H,4-5,9-10,12H2,1H3. The quantitative estimate of drug-likeness (QED) is 0.844. The first-order valence-electron chi connectivity index (χ1n) is 6.91. The third-order valence-electron chi connectivity index (χ3n) is 4.05. The summed E-state index contributed by atoms with van der Waals surface area (Å²) in [5.41, 5.74) is 1.44. The van der Waals surface area contributed by atoms with E-state index in [2.05, 4.69) is 38.6 Å². The van der Waals surface area contributed by atoms with Crippen LogP contribution in [-0.4, -0.2) is 32.5 Å². The van der Waals surface area contributed by atoms with Crippen LogP contribution in [0.4, 0.5) is 0 Å². The summed E-state index contributed by atoms with van der Waals surface area (Å²) >= 11 is 0. The number of rotatable bonds is 3. The Hall–Kier alpha value is -1.68. The molecule has 3 rings (SSSR count). The summed E-state index contributed by atoms with van der Waals surface area (Å²) in [6.45, 7) is 3.27. The molecule has 0 radical (unpaired) electrons. The number of imidazole rings is 1. The smallest absolute Gasteiger partial charge is 0.122 e. The molecular formula is C15H20N4. The van der Waals surface area contributed by atoms with Crippen molar-refractivity contribution in [3.8, 4) is 0 Å². The number of nitrogens with zero attached hydrogens (tertiary/aromatic N) is 4. The summed E-state index contributed by atoms with van der Waals surface area (Å²) in [5, 5.41) is 0. The van der Waals surface area contributed by atoms with Gasteiger partial charge < -0.3 is 4.57 Å². The Morgan fingerprint density at radius 2 is 1.89 bits per heavy atom. The molecule has 1 fully saturated rings. The summed E-state index contributed by atoms with van der Waals surface area (Å²) in [7, 11) is 2.06. The predicted octanol–water partition coefficient (Wildman–Crippen LogP) is 2.19. The number of hydrogen-bond acceptors (Lipinski definition) is 3. The lowest BCUT2D eigenvalue weighted by Gasteiger charge is -2.31. The first kappa shape index (κ1) is 12.4. The van der Waals surface area contributed by atoms with Crippen molar-refractivity contribution in [1.82, 2.24) is 19.4 Å². The molecule has 2 aromatic rings. The Morgan fingerprint density at radius 3 is 2.53 bits per heavy atom. The molecule has 3 heterocycles. The van der Waals surface area contributed by atoms with Gasteiger partial charge in [0.1, 0.15) is 5.82 Å². The lowest BCUT2D eigenvalue weighted by Crippen LogP contribution is -2.33. The molecule has 1 aliphatic heterocycles. The van der Waals surface area contributed by atoms with E-state index in [0.717, 1.165) is 25.5 Å². The highest BCUT2D eigenvalue weighted by atomic mass is 15.2. The van der Waals surface area contributed by atoms with Gasteiger partial charge in [0.25, 0.3) is 0 Å². The van der Waals surface area contributed by atoms with E-state index in [1.165, 1.54) is 18.4 Å². The minimum Gasteiger partial charge on any atom is -0.337 e. The van der Waals surface area contributed by atoms with E-state index in [1.54, 1.807) is 0 Å². The predicted molar refractivity (Wildman–Crippen MR) is 74.7 cm³/mol. The molecule has 0 amide bonds. The fourth-order valence-electron chi connectivity index (χ4n) is 2.81. The number of hydrogen-bond donors (Lipinski definition) is 0. The van der Waals surface area contributed by atoms with Gasteiger partial charge in [0.15, 0.2) is 0 Å². The Morgan fingerprint density at radius 1 is 1.16 bits per heavy atom. The molecule has 0 unspecified atom stereocenters. The molecule has 2 aromatic heterocycles. The van der Waals surface area contributed by atoms with Crippen LogP contribution in [0, 0.1) is 0 Å². The molecule has 0 atom stereocenters. The molecule has 1 saturated heterocycles. The van der Waals surface area contributed by atoms with Crippen LogP contribution in [0.15, 0.2) is 36.9 Å². The van der Waals surface area contributed by atoms with Gasteiger partial charge in [0.05, 0.1) is 6.54 Å². The SMILES string of the molecule is Cn1ccnc1CN1CCC(c2ccncc2)CC1. The Labute approximate surface area is 114 Å². The molecule has 1 aliphatic rings. The Kier molecular flexibility index (Phi) is 3.60. The zero-order valence-electron chi connectivity index (χ0n) is 11.4. The Bertz CT molecular complexity index is 512. The van der Waals surface area contributed by atoms with E-state index in [4.69, 9.17) is 0 Å². The van der Waals surface area contributed by atoms with Crippen molar-refractivity contribution in [3.05, 3.63) is 48.3 Å². The van der Waals surface area contributed by atoms with Crippen LogP contribution in [-0.2, 0) is 13.6 Å². The fourth-order valence-corrected chi connectivity index (χ4v) is 2.81. The van der Waals surface area contributed by atoms with Gasteiger partial charge in [-0.2, -0.15) is 0 Å². The third kappa shape index (κ3) is 2.84. The zero-order chi connectivity index (χ0) is 13.1. The van der Waals surface area contributed by atoms with Crippen molar-refractivity contribution >= 4 is 0 Å². The maximum atomic E-state index is 4.40. The van der Waals surface area contributed by atoms with Crippen LogP contribution < -0.4 is 0 Å². The number of piperidine rings is 1. The van der Waals surface area contributed by atoms with Gasteiger partial charge in [-0.3, -0.25) is 9.88 Å². The lowest BCUT2D eigenvalue weighted by molar-refractivity contribution is 0.198. The Balaban J connectivity index is 1.57. The number of pyridine rings is 1. The molecule has 4 nitrogen and oxygen atoms in total. The first-order valence-corrected chi connectivity index (χ1v) is 6.91. The molecule has 4 heteroatoms. The maximum absolute atomic E-state index is 4.40. The normalized spacial score (nSPS) is 17.7. The topological polar surface area (TPSA) is 34.0 Å². The van der Waals surface area contributed by atoms with E-state index in [9.17, 15) is 0 Å². The second-order valence-electron chi connectivity index (χ2n) is 5.29. The molecule has 0 aromatic carbocycles. The second kappa shape index (κ2) is 5.53. The summed E-state index contributed by atoms with van der Waals surface area (Å²) in [5.74, 6) is 1.85. The minimum absolute atomic E-state index is 0.695. The molecule has 0 saturated carbocycles. The highest BCUT2D eigenvalue weighted by molar-refractivity contribution is 5.16. The summed E-state index contributed by atoms with van der Waals surface area (Å²) in [4.78, 5) is 11.0. The highest BCUT2D eigenvalue weighted by Crippen LogP contribution is 2.27. The van der Waals surface area contributed by atoms with Crippen LogP contribution in [0.25, 0.3) is 0 Å². The summed E-state index contributed by atoms with van der Waals surface area (Å²) < 4.78 is 2.11. The average molecular weight is 256 g/mol. The van der Waals surface area contributed by atoms with Crippen LogP contribution >= 0.6 is 0 Å². The van der Waals surface area contributed by atoms with Crippen molar-refractivity contribution in [2.24, 2.45) is 7.05 Å². The van der Waals surface area contributed by atoms with E-state index in [1.807, 2.05) is 24.8 Å². The third-order valence-corrected chi connectivity index (χ3v) is 4.05. The molecule has 0 bridgehead atoms. The highest BCUT2D eigenvalue weighted by Gasteiger charge is 2.21. The van der Waals surface area contributed by atoms with E-state index in [-0.39, 0.29) is 0 Å². The van der Waals surface area contributed by atoms with Crippen LogP contribution in [0.1, 0.15) is 30.1 Å². The summed E-state index contributed by atoms with van der Waals surface area (Å²) in [6.07, 6.45) is 10.1. The van der Waals surface area contributed by atoms with Gasteiger partial charge in [0.2, 0.25) is 0 Å². The molecule has 0 spiro atoms. The average Bonchev–Trinajstić information content (AvgIpc) is 2.86. The van der Waals surface area contributed by atoms with Crippen LogP contribution in [0.5, 0.6) is 0 Å². The molecule has 0 aliphatic carbocycles. The largest absolute Gasteiger partial charge is 0.337 e. The molecular weight excluding hydrogens is 236 g/mol. The van der Waals surface area contributed by atoms with Crippen molar-refractivity contribution in [2.45, 2.75) is 25.3 Å². The van der Waals surface area contributed by atoms with E-state index < -0.39 is 0 Å². The number of aromatic nitrogens is 3. The van der Waals surface area contributed by atoms with Gasteiger partial charge in [-0.25, -0.2) is 4.98 Å². The first-order chi connectivity index (χ1) is 9.33. The van der Waals surface area contributed by atoms with Crippen molar-refractivity contribution in [3.63, 3.8) is 0 Å². The summed E-state index contributed by atoms with van der Waals surface area (Å²) in [6, 6.07) is 4.30. The molecule has 19 heavy (non-hydrogen) atoms. The zero-order valence-corrected chi connectivity index (χ0v) is 11.4. The van der Waals surface area contributed by atoms with Crippen molar-refractivity contribution in [2.75, 3.05) is 13.1 Å². The van der Waals surface area contributed by atoms with Crippen molar-refractivity contribution in [1.29, 1.82) is 0 Å². The second-order valence-corrected chi connectivity index (χ2v) is 5.29. The monoisotopic (exact) mass is 256 g/mol. The van der Waals surface area contributed by atoms with Gasteiger partial charge in [0, 0.05) is 31.8 Å². The number of aryl methyl sites for hydroxylation is 1. The van der Waals surface area contributed by atoms with Crippen molar-refractivity contribution < 1.29 is 0 Å². The fraction of sp³-hybridized carbons (Fsp3) is 0.467. The van der Waals surface area contributed by atoms with Gasteiger partial charge in [-0.15, -0.1) is 0 Å². The van der Waals surface area contributed by atoms with Gasteiger partial charge in [-0.05, 0) is 49.5 Å². The van der Waals surface area contributed by atoms with Crippen LogP contribution in [0.3, 0.4) is 0 Å². The minimum atomic E-state index is 0.695. The lowest BCUT2D eigenvalue weighted by atomic mass is 9.90. The van der Waals surface area contributed by atoms with E-state index >= 15 is 0 Å². The van der Waals surface area contributed by atoms with Crippen LogP contribution in [0.2, 0.25) is 0 Å². The maximum Gasteiger partial charge on any atom is 0.122 e. The number of likely N-dealkylation sites (tertiary alicyclic amines) is 1. The molecule has 100 valence electrons. The molecule has 0 N–H and O–H groups in total. The van der Waals surface area contributed by atoms with Gasteiger partial charge >= 0.3 is 0 Å². The van der Waals surface area contributed by atoms with Gasteiger partial charge in [-0.1, -0.05) is 0 Å². The van der Waals surface area contributed by atoms with E-state index in [0.29, 0.717) is 5.92 Å².